The van der Waals surface area contributed by atoms with Crippen molar-refractivity contribution in [3.05, 3.63) is 35.6 Å². The molecule has 0 amide bonds. The van der Waals surface area contributed by atoms with E-state index < -0.39 is 11.4 Å². The Bertz CT molecular complexity index is 549. The van der Waals surface area contributed by atoms with E-state index in [4.69, 9.17) is 4.42 Å². The SMILES string of the molecule is Cc1coc2c(C(C)(C)C(=O)O)cccc12. The maximum absolute atomic E-state index is 11.2. The second-order valence-electron chi connectivity index (χ2n) is 4.53. The van der Waals surface area contributed by atoms with Gasteiger partial charge in [-0.15, -0.1) is 0 Å². The second-order valence-corrected chi connectivity index (χ2v) is 4.53. The average Bonchev–Trinajstić information content (AvgIpc) is 2.60. The molecule has 3 heteroatoms. The maximum atomic E-state index is 11.2. The average molecular weight is 218 g/mol. The molecular weight excluding hydrogens is 204 g/mol. The number of rotatable bonds is 2. The highest BCUT2D eigenvalue weighted by Crippen LogP contribution is 2.32. The van der Waals surface area contributed by atoms with Gasteiger partial charge in [-0.25, -0.2) is 0 Å². The number of benzene rings is 1. The fourth-order valence-corrected chi connectivity index (χ4v) is 1.79. The standard InChI is InChI=1S/C13H14O3/c1-8-7-16-11-9(8)5-4-6-10(11)13(2,3)12(14)15/h4-7H,1-3H3,(H,14,15). The van der Waals surface area contributed by atoms with E-state index in [9.17, 15) is 9.90 Å². The van der Waals surface area contributed by atoms with Gasteiger partial charge >= 0.3 is 5.97 Å². The first-order chi connectivity index (χ1) is 7.44. The minimum Gasteiger partial charge on any atom is -0.481 e. The first-order valence-corrected chi connectivity index (χ1v) is 5.15. The van der Waals surface area contributed by atoms with Crippen LogP contribution < -0.4 is 0 Å². The van der Waals surface area contributed by atoms with Gasteiger partial charge in [-0.3, -0.25) is 4.79 Å². The summed E-state index contributed by atoms with van der Waals surface area (Å²) in [4.78, 5) is 11.2. The lowest BCUT2D eigenvalue weighted by molar-refractivity contribution is -0.142. The molecule has 0 unspecified atom stereocenters. The fourth-order valence-electron chi connectivity index (χ4n) is 1.79. The highest BCUT2D eigenvalue weighted by Gasteiger charge is 2.32. The van der Waals surface area contributed by atoms with Crippen molar-refractivity contribution >= 4 is 16.9 Å². The van der Waals surface area contributed by atoms with Gasteiger partial charge in [0.05, 0.1) is 11.7 Å². The first-order valence-electron chi connectivity index (χ1n) is 5.15. The molecule has 2 rings (SSSR count). The van der Waals surface area contributed by atoms with Gasteiger partial charge in [0.15, 0.2) is 0 Å². The van der Waals surface area contributed by atoms with Gasteiger partial charge in [0, 0.05) is 10.9 Å². The Morgan fingerprint density at radius 1 is 1.38 bits per heavy atom. The third kappa shape index (κ3) is 1.40. The van der Waals surface area contributed by atoms with Crippen LogP contribution in [-0.4, -0.2) is 11.1 Å². The lowest BCUT2D eigenvalue weighted by Crippen LogP contribution is -2.28. The fraction of sp³-hybridized carbons (Fsp3) is 0.308. The second kappa shape index (κ2) is 3.37. The van der Waals surface area contributed by atoms with Crippen LogP contribution in [0.3, 0.4) is 0 Å². The summed E-state index contributed by atoms with van der Waals surface area (Å²) in [6.07, 6.45) is 1.66. The third-order valence-corrected chi connectivity index (χ3v) is 3.00. The predicted molar refractivity (Wildman–Crippen MR) is 61.6 cm³/mol. The molecule has 1 aromatic heterocycles. The Morgan fingerprint density at radius 2 is 2.06 bits per heavy atom. The van der Waals surface area contributed by atoms with E-state index >= 15 is 0 Å². The molecule has 0 bridgehead atoms. The maximum Gasteiger partial charge on any atom is 0.313 e. The molecule has 1 heterocycles. The van der Waals surface area contributed by atoms with E-state index in [0.717, 1.165) is 10.9 Å². The molecule has 0 saturated carbocycles. The number of para-hydroxylation sites is 1. The molecule has 1 N–H and O–H groups in total. The van der Waals surface area contributed by atoms with Crippen molar-refractivity contribution in [3.8, 4) is 0 Å². The summed E-state index contributed by atoms with van der Waals surface area (Å²) in [7, 11) is 0. The molecule has 0 saturated heterocycles. The van der Waals surface area contributed by atoms with Crippen molar-refractivity contribution in [2.45, 2.75) is 26.2 Å². The summed E-state index contributed by atoms with van der Waals surface area (Å²) in [6, 6.07) is 5.61. The Morgan fingerprint density at radius 3 is 2.69 bits per heavy atom. The van der Waals surface area contributed by atoms with Crippen molar-refractivity contribution in [3.63, 3.8) is 0 Å². The van der Waals surface area contributed by atoms with Crippen LogP contribution >= 0.6 is 0 Å². The quantitative estimate of drug-likeness (QED) is 0.842. The topological polar surface area (TPSA) is 50.4 Å². The molecule has 0 atom stereocenters. The number of carboxylic acids is 1. The molecule has 2 aromatic rings. The minimum atomic E-state index is -0.941. The molecule has 84 valence electrons. The van der Waals surface area contributed by atoms with Gasteiger partial charge in [0.25, 0.3) is 0 Å². The summed E-state index contributed by atoms with van der Waals surface area (Å²) in [5, 5.41) is 10.2. The number of furan rings is 1. The lowest BCUT2D eigenvalue weighted by Gasteiger charge is -2.19. The Kier molecular flexibility index (Phi) is 2.26. The molecule has 0 radical (unpaired) electrons. The van der Waals surface area contributed by atoms with Gasteiger partial charge in [-0.05, 0) is 26.3 Å². The van der Waals surface area contributed by atoms with Crippen LogP contribution in [0.25, 0.3) is 11.0 Å². The summed E-state index contributed by atoms with van der Waals surface area (Å²) in [5.74, 6) is -0.853. The Labute approximate surface area is 93.7 Å². The lowest BCUT2D eigenvalue weighted by atomic mass is 9.84. The zero-order chi connectivity index (χ0) is 11.9. The molecule has 16 heavy (non-hydrogen) atoms. The van der Waals surface area contributed by atoms with Crippen LogP contribution in [-0.2, 0) is 10.2 Å². The van der Waals surface area contributed by atoms with Crippen LogP contribution in [0.1, 0.15) is 25.0 Å². The zero-order valence-electron chi connectivity index (χ0n) is 9.57. The monoisotopic (exact) mass is 218 g/mol. The number of carboxylic acid groups (broad SMARTS) is 1. The van der Waals surface area contributed by atoms with Crippen LogP contribution in [0.4, 0.5) is 0 Å². The highest BCUT2D eigenvalue weighted by molar-refractivity contribution is 5.90. The van der Waals surface area contributed by atoms with Crippen molar-refractivity contribution in [2.75, 3.05) is 0 Å². The van der Waals surface area contributed by atoms with Crippen molar-refractivity contribution < 1.29 is 14.3 Å². The zero-order valence-corrected chi connectivity index (χ0v) is 9.57. The first kappa shape index (κ1) is 10.7. The molecule has 1 aromatic carbocycles. The van der Waals surface area contributed by atoms with Crippen LogP contribution in [0, 0.1) is 6.92 Å². The van der Waals surface area contributed by atoms with Crippen molar-refractivity contribution in [2.24, 2.45) is 0 Å². The third-order valence-electron chi connectivity index (χ3n) is 3.00. The summed E-state index contributed by atoms with van der Waals surface area (Å²) >= 11 is 0. The van der Waals surface area contributed by atoms with Gasteiger partial charge in [0.2, 0.25) is 0 Å². The predicted octanol–water partition coefficient (Wildman–Crippen LogP) is 3.10. The summed E-state index contributed by atoms with van der Waals surface area (Å²) in [6.45, 7) is 5.31. The van der Waals surface area contributed by atoms with Gasteiger partial charge in [-0.2, -0.15) is 0 Å². The Hall–Kier alpha value is -1.77. The van der Waals surface area contributed by atoms with Gasteiger partial charge in [0.1, 0.15) is 5.58 Å². The minimum absolute atomic E-state index is 0.674. The smallest absolute Gasteiger partial charge is 0.313 e. The van der Waals surface area contributed by atoms with E-state index in [1.165, 1.54) is 0 Å². The van der Waals surface area contributed by atoms with E-state index in [1.807, 2.05) is 19.1 Å². The molecule has 0 aliphatic heterocycles. The number of hydrogen-bond acceptors (Lipinski definition) is 2. The van der Waals surface area contributed by atoms with E-state index in [2.05, 4.69) is 0 Å². The normalized spacial score (nSPS) is 11.9. The van der Waals surface area contributed by atoms with Crippen LogP contribution in [0.15, 0.2) is 28.9 Å². The molecule has 0 aliphatic carbocycles. The molecule has 0 aliphatic rings. The number of fused-ring (bicyclic) bond motifs is 1. The van der Waals surface area contributed by atoms with Crippen molar-refractivity contribution in [1.82, 2.24) is 0 Å². The van der Waals surface area contributed by atoms with Crippen molar-refractivity contribution in [1.29, 1.82) is 0 Å². The molecule has 0 spiro atoms. The van der Waals surface area contributed by atoms with Crippen LogP contribution in [0.2, 0.25) is 0 Å². The number of aryl methyl sites for hydroxylation is 1. The number of carbonyl (C=O) groups is 1. The molecular formula is C13H14O3. The van der Waals surface area contributed by atoms with Gasteiger partial charge < -0.3 is 9.52 Å². The summed E-state index contributed by atoms with van der Waals surface area (Å²) in [5.41, 5.74) is 1.47. The molecule has 3 nitrogen and oxygen atoms in total. The number of aliphatic carboxylic acids is 1. The Balaban J connectivity index is 2.75. The van der Waals surface area contributed by atoms with Gasteiger partial charge in [-0.1, -0.05) is 18.2 Å². The highest BCUT2D eigenvalue weighted by atomic mass is 16.4. The number of hydrogen-bond donors (Lipinski definition) is 1. The summed E-state index contributed by atoms with van der Waals surface area (Å²) < 4.78 is 5.45. The van der Waals surface area contributed by atoms with E-state index in [-0.39, 0.29) is 0 Å². The molecule has 0 fully saturated rings. The van der Waals surface area contributed by atoms with Crippen LogP contribution in [0.5, 0.6) is 0 Å². The van der Waals surface area contributed by atoms with E-state index in [1.54, 1.807) is 26.2 Å². The van der Waals surface area contributed by atoms with E-state index in [0.29, 0.717) is 11.1 Å². The largest absolute Gasteiger partial charge is 0.481 e.